The third kappa shape index (κ3) is 3.51. The minimum absolute atomic E-state index is 0.292. The van der Waals surface area contributed by atoms with Crippen molar-refractivity contribution in [3.8, 4) is 0 Å². The van der Waals surface area contributed by atoms with Gasteiger partial charge in [0.15, 0.2) is 0 Å². The Morgan fingerprint density at radius 1 is 0.871 bits per heavy atom. The van der Waals surface area contributed by atoms with E-state index in [1.54, 1.807) is 11.1 Å². The molecule has 2 aliphatic carbocycles. The van der Waals surface area contributed by atoms with E-state index in [0.29, 0.717) is 18.5 Å². The fourth-order valence-electron chi connectivity index (χ4n) is 7.01. The average molecular weight is 420 g/mol. The summed E-state index contributed by atoms with van der Waals surface area (Å²) in [5, 5.41) is 1.49. The highest BCUT2D eigenvalue weighted by molar-refractivity contribution is 5.88. The Bertz CT molecular complexity index is 965. The van der Waals surface area contributed by atoms with E-state index >= 15 is 0 Å². The van der Waals surface area contributed by atoms with E-state index in [-0.39, 0.29) is 0 Å². The number of piperidine rings is 1. The molecule has 166 valence electrons. The molecule has 2 aliphatic heterocycles. The van der Waals surface area contributed by atoms with Crippen molar-refractivity contribution in [2.45, 2.75) is 89.1 Å². The maximum absolute atomic E-state index is 13.3. The van der Waals surface area contributed by atoms with Crippen LogP contribution in [0.2, 0.25) is 0 Å². The van der Waals surface area contributed by atoms with E-state index in [1.807, 2.05) is 0 Å². The van der Waals surface area contributed by atoms with Crippen LogP contribution in [-0.4, -0.2) is 46.5 Å². The number of amides is 1. The Morgan fingerprint density at radius 2 is 1.68 bits per heavy atom. The highest BCUT2D eigenvalue weighted by Crippen LogP contribution is 2.44. The van der Waals surface area contributed by atoms with Crippen LogP contribution in [0.4, 0.5) is 0 Å². The molecule has 3 heterocycles. The molecule has 1 aromatic carbocycles. The largest absolute Gasteiger partial charge is 0.341 e. The first-order valence-corrected chi connectivity index (χ1v) is 13.0. The molecule has 4 nitrogen and oxygen atoms in total. The second kappa shape index (κ2) is 8.27. The molecule has 2 fully saturated rings. The summed E-state index contributed by atoms with van der Waals surface area (Å²) < 4.78 is 2.57. The predicted octanol–water partition coefficient (Wildman–Crippen LogP) is 5.39. The maximum atomic E-state index is 13.3. The number of nitrogens with zero attached hydrogens (tertiary/aromatic N) is 3. The van der Waals surface area contributed by atoms with Crippen LogP contribution in [0.5, 0.6) is 0 Å². The monoisotopic (exact) mass is 419 g/mol. The third-order valence-electron chi connectivity index (χ3n) is 8.60. The molecule has 6 rings (SSSR count). The van der Waals surface area contributed by atoms with Gasteiger partial charge in [-0.2, -0.15) is 0 Å². The molecule has 0 radical (unpaired) electrons. The molecular weight excluding hydrogens is 382 g/mol. The smallest absolute Gasteiger partial charge is 0.237 e. The summed E-state index contributed by atoms with van der Waals surface area (Å²) in [6.07, 6.45) is 14.2. The molecule has 1 saturated heterocycles. The Kier molecular flexibility index (Phi) is 5.30. The van der Waals surface area contributed by atoms with E-state index < -0.39 is 0 Å². The quantitative estimate of drug-likeness (QED) is 0.667. The van der Waals surface area contributed by atoms with Gasteiger partial charge in [0.2, 0.25) is 5.91 Å². The number of hydrogen-bond donors (Lipinski definition) is 0. The van der Waals surface area contributed by atoms with E-state index in [9.17, 15) is 4.79 Å². The Morgan fingerprint density at radius 3 is 2.52 bits per heavy atom. The van der Waals surface area contributed by atoms with Crippen LogP contribution >= 0.6 is 0 Å². The summed E-state index contributed by atoms with van der Waals surface area (Å²) in [5.41, 5.74) is 6.01. The molecule has 0 bridgehead atoms. The number of aryl methyl sites for hydroxylation is 1. The summed E-state index contributed by atoms with van der Waals surface area (Å²) in [7, 11) is 0. The van der Waals surface area contributed by atoms with Crippen LogP contribution in [0.25, 0.3) is 10.9 Å². The van der Waals surface area contributed by atoms with Gasteiger partial charge in [-0.3, -0.25) is 9.69 Å². The van der Waals surface area contributed by atoms with Crippen LogP contribution in [-0.2, 0) is 17.8 Å². The highest BCUT2D eigenvalue weighted by atomic mass is 16.2. The number of carbonyl (C=O) groups excluding carboxylic acids is 1. The number of carbonyl (C=O) groups is 1. The van der Waals surface area contributed by atoms with E-state index in [4.69, 9.17) is 0 Å². The van der Waals surface area contributed by atoms with Crippen molar-refractivity contribution >= 4 is 16.8 Å². The summed E-state index contributed by atoms with van der Waals surface area (Å²) >= 11 is 0. The van der Waals surface area contributed by atoms with Crippen LogP contribution in [0.3, 0.4) is 0 Å². The Balaban J connectivity index is 1.31. The van der Waals surface area contributed by atoms with Crippen LogP contribution in [0, 0.1) is 0 Å². The lowest BCUT2D eigenvalue weighted by Gasteiger charge is -2.41. The standard InChI is InChI=1S/C27H37N3O/c31-26(19-28-14-5-2-6-15-28)29-16-17-30-24-13-12-21(20-8-3-1-4-9-20)18-23(24)22-10-7-11-25(29)27(22)30/h12-13,18,20,25H,1-11,14-17,19H2. The number of likely N-dealkylation sites (tertiary alicyclic amines) is 1. The zero-order valence-electron chi connectivity index (χ0n) is 19.0. The summed E-state index contributed by atoms with van der Waals surface area (Å²) in [6, 6.07) is 7.64. The van der Waals surface area contributed by atoms with E-state index in [1.165, 1.54) is 80.8 Å². The zero-order valence-corrected chi connectivity index (χ0v) is 19.0. The van der Waals surface area contributed by atoms with Gasteiger partial charge in [0.05, 0.1) is 12.6 Å². The SMILES string of the molecule is O=C(CN1CCCCC1)N1CCn2c3c(c4cc(C5CCCCC5)ccc42)CCCC31. The van der Waals surface area contributed by atoms with Gasteiger partial charge in [0.25, 0.3) is 0 Å². The van der Waals surface area contributed by atoms with Gasteiger partial charge in [-0.05, 0) is 87.2 Å². The zero-order chi connectivity index (χ0) is 20.8. The first-order valence-electron chi connectivity index (χ1n) is 13.0. The van der Waals surface area contributed by atoms with Gasteiger partial charge < -0.3 is 9.47 Å². The number of rotatable bonds is 3. The summed E-state index contributed by atoms with van der Waals surface area (Å²) in [4.78, 5) is 18.0. The molecule has 1 atom stereocenters. The van der Waals surface area contributed by atoms with Gasteiger partial charge in [0.1, 0.15) is 0 Å². The van der Waals surface area contributed by atoms with Crippen molar-refractivity contribution in [3.63, 3.8) is 0 Å². The fraction of sp³-hybridized carbons (Fsp3) is 0.667. The maximum Gasteiger partial charge on any atom is 0.237 e. The number of fused-ring (bicyclic) bond motifs is 3. The minimum Gasteiger partial charge on any atom is -0.341 e. The first-order chi connectivity index (χ1) is 15.3. The predicted molar refractivity (Wildman–Crippen MR) is 125 cm³/mol. The van der Waals surface area contributed by atoms with Crippen molar-refractivity contribution in [2.24, 2.45) is 0 Å². The van der Waals surface area contributed by atoms with Crippen molar-refractivity contribution < 1.29 is 4.79 Å². The van der Waals surface area contributed by atoms with Crippen LogP contribution < -0.4 is 0 Å². The van der Waals surface area contributed by atoms with Gasteiger partial charge in [-0.25, -0.2) is 0 Å². The molecular formula is C27H37N3O. The van der Waals surface area contributed by atoms with Crippen LogP contribution in [0.1, 0.15) is 93.0 Å². The molecule has 0 spiro atoms. The van der Waals surface area contributed by atoms with Crippen molar-refractivity contribution in [2.75, 3.05) is 26.2 Å². The normalized spacial score (nSPS) is 25.0. The lowest BCUT2D eigenvalue weighted by atomic mass is 9.83. The van der Waals surface area contributed by atoms with Gasteiger partial charge in [-0.1, -0.05) is 31.7 Å². The van der Waals surface area contributed by atoms with Gasteiger partial charge in [-0.15, -0.1) is 0 Å². The molecule has 1 amide bonds. The Hall–Kier alpha value is -1.81. The lowest BCUT2D eigenvalue weighted by molar-refractivity contribution is -0.136. The topological polar surface area (TPSA) is 28.5 Å². The van der Waals surface area contributed by atoms with Crippen molar-refractivity contribution in [1.29, 1.82) is 0 Å². The van der Waals surface area contributed by atoms with Gasteiger partial charge in [0, 0.05) is 29.7 Å². The second-order valence-electron chi connectivity index (χ2n) is 10.5. The summed E-state index contributed by atoms with van der Waals surface area (Å²) in [5.74, 6) is 1.11. The van der Waals surface area contributed by atoms with Crippen molar-refractivity contribution in [3.05, 3.63) is 35.0 Å². The molecule has 2 aromatic rings. The fourth-order valence-corrected chi connectivity index (χ4v) is 7.01. The van der Waals surface area contributed by atoms with Gasteiger partial charge >= 0.3 is 0 Å². The number of aromatic nitrogens is 1. The lowest BCUT2D eigenvalue weighted by Crippen LogP contribution is -2.48. The average Bonchev–Trinajstić information content (AvgIpc) is 3.15. The van der Waals surface area contributed by atoms with Crippen LogP contribution in [0.15, 0.2) is 18.2 Å². The Labute approximate surface area is 186 Å². The molecule has 4 aliphatic rings. The number of hydrogen-bond acceptors (Lipinski definition) is 2. The van der Waals surface area contributed by atoms with Crippen molar-refractivity contribution in [1.82, 2.24) is 14.4 Å². The molecule has 1 aromatic heterocycles. The third-order valence-corrected chi connectivity index (χ3v) is 8.60. The molecule has 1 saturated carbocycles. The molecule has 31 heavy (non-hydrogen) atoms. The molecule has 4 heteroatoms. The highest BCUT2D eigenvalue weighted by Gasteiger charge is 2.37. The first kappa shape index (κ1) is 19.8. The molecule has 1 unspecified atom stereocenters. The van der Waals surface area contributed by atoms with E-state index in [0.717, 1.165) is 38.5 Å². The summed E-state index contributed by atoms with van der Waals surface area (Å²) in [6.45, 7) is 4.64. The minimum atomic E-state index is 0.292. The second-order valence-corrected chi connectivity index (χ2v) is 10.5. The van der Waals surface area contributed by atoms with E-state index in [2.05, 4.69) is 32.6 Å². The molecule has 0 N–H and O–H groups in total. The number of benzene rings is 1.